The van der Waals surface area contributed by atoms with Crippen LogP contribution >= 0.6 is 35.0 Å². The molecule has 0 spiro atoms. The van der Waals surface area contributed by atoms with Gasteiger partial charge in [0.1, 0.15) is 16.2 Å². The highest BCUT2D eigenvalue weighted by molar-refractivity contribution is 8.00. The fraction of sp³-hybridized carbons (Fsp3) is 0.591. The molecular weight excluding hydrogens is 503 g/mol. The first kappa shape index (κ1) is 28.4. The second-order valence-corrected chi connectivity index (χ2v) is 11.1. The van der Waals surface area contributed by atoms with Gasteiger partial charge in [0, 0.05) is 12.1 Å². The smallest absolute Gasteiger partial charge is 0.410 e. The van der Waals surface area contributed by atoms with Gasteiger partial charge in [-0.2, -0.15) is 0 Å². The number of amides is 3. The summed E-state index contributed by atoms with van der Waals surface area (Å²) in [5.74, 6) is 4.42. The molecule has 9 nitrogen and oxygen atoms in total. The number of nitrogens with zero attached hydrogens (tertiary/aromatic N) is 1. The Balaban J connectivity index is 2.16. The van der Waals surface area contributed by atoms with Crippen molar-refractivity contribution >= 4 is 52.9 Å². The minimum Gasteiger partial charge on any atom is -0.484 e. The number of hydrogen-bond donors (Lipinski definition) is 3. The molecule has 1 unspecified atom stereocenters. The average molecular weight is 535 g/mol. The number of likely N-dealkylation sites (tertiary alicyclic amines) is 1. The number of thioether (sulfide) groups is 1. The molecule has 3 atom stereocenters. The Labute approximate surface area is 214 Å². The molecule has 12 heteroatoms. The van der Waals surface area contributed by atoms with Crippen molar-refractivity contribution in [2.24, 2.45) is 11.8 Å². The Morgan fingerprint density at radius 1 is 1.29 bits per heavy atom. The molecule has 2 rings (SSSR count). The van der Waals surface area contributed by atoms with Crippen LogP contribution in [0, 0.1) is 5.92 Å². The van der Waals surface area contributed by atoms with Gasteiger partial charge in [-0.1, -0.05) is 30.1 Å². The van der Waals surface area contributed by atoms with E-state index in [9.17, 15) is 14.4 Å². The van der Waals surface area contributed by atoms with Crippen LogP contribution in [0.1, 0.15) is 40.5 Å². The van der Waals surface area contributed by atoms with Crippen molar-refractivity contribution in [2.45, 2.75) is 57.1 Å². The molecule has 1 aromatic rings. The highest BCUT2D eigenvalue weighted by Crippen LogP contribution is 2.37. The molecule has 190 valence electrons. The summed E-state index contributed by atoms with van der Waals surface area (Å²) >= 11 is 13.3. The lowest BCUT2D eigenvalue weighted by molar-refractivity contribution is -0.129. The van der Waals surface area contributed by atoms with Crippen LogP contribution in [0.5, 0.6) is 5.75 Å². The lowest BCUT2D eigenvalue weighted by Crippen LogP contribution is -2.63. The minimum atomic E-state index is -0.787. The van der Waals surface area contributed by atoms with Crippen molar-refractivity contribution in [3.63, 3.8) is 0 Å². The zero-order chi connectivity index (χ0) is 25.7. The number of nitrogens with one attached hydrogen (secondary N) is 2. The summed E-state index contributed by atoms with van der Waals surface area (Å²) in [5, 5.41) is 3.70. The summed E-state index contributed by atoms with van der Waals surface area (Å²) in [7, 11) is 0. The number of carbonyl (C=O) groups excluding carboxylic acids is 3. The summed E-state index contributed by atoms with van der Waals surface area (Å²) in [6.07, 6.45) is 2.28. The van der Waals surface area contributed by atoms with Crippen LogP contribution < -0.4 is 21.3 Å². The van der Waals surface area contributed by atoms with Crippen molar-refractivity contribution in [3.05, 3.63) is 28.2 Å². The van der Waals surface area contributed by atoms with E-state index in [0.29, 0.717) is 28.6 Å². The van der Waals surface area contributed by atoms with Gasteiger partial charge in [0.25, 0.3) is 5.91 Å². The van der Waals surface area contributed by atoms with Crippen LogP contribution in [0.4, 0.5) is 4.79 Å². The second-order valence-electron chi connectivity index (χ2n) is 9.12. The van der Waals surface area contributed by atoms with Crippen LogP contribution in [0.3, 0.4) is 0 Å². The van der Waals surface area contributed by atoms with E-state index in [1.807, 2.05) is 6.26 Å². The first-order valence-electron chi connectivity index (χ1n) is 10.7. The Hall–Kier alpha value is -1.88. The normalized spacial score (nSPS) is 21.4. The Morgan fingerprint density at radius 3 is 2.53 bits per heavy atom. The predicted molar refractivity (Wildman–Crippen MR) is 134 cm³/mol. The second kappa shape index (κ2) is 11.7. The first-order chi connectivity index (χ1) is 15.8. The summed E-state index contributed by atoms with van der Waals surface area (Å²) in [6.45, 7) is 6.91. The van der Waals surface area contributed by atoms with Crippen LogP contribution in [0.2, 0.25) is 10.0 Å². The number of ether oxygens (including phenoxy) is 2. The molecule has 1 saturated heterocycles. The maximum atomic E-state index is 13.1. The number of hydrogen-bond acceptors (Lipinski definition) is 7. The molecule has 34 heavy (non-hydrogen) atoms. The molecule has 1 fully saturated rings. The molecule has 1 aromatic carbocycles. The molecule has 1 aliphatic rings. The SMILES string of the molecule is CS[C@@]1(NC(=O)COc2ccc(Cl)c(Cl)c2)CCC([C@@H](C)C(=O)NN)N(C(=O)OC(C)(C)C)C1. The molecule has 1 heterocycles. The number of piperidine rings is 1. The van der Waals surface area contributed by atoms with Gasteiger partial charge in [0.05, 0.1) is 22.5 Å². The average Bonchev–Trinajstić information content (AvgIpc) is 2.77. The van der Waals surface area contributed by atoms with Crippen molar-refractivity contribution in [1.82, 2.24) is 15.6 Å². The Bertz CT molecular complexity index is 914. The molecule has 1 aliphatic heterocycles. The van der Waals surface area contributed by atoms with Gasteiger partial charge in [-0.3, -0.25) is 15.0 Å². The molecule has 0 saturated carbocycles. The third kappa shape index (κ3) is 7.56. The highest BCUT2D eigenvalue weighted by Gasteiger charge is 2.46. The summed E-state index contributed by atoms with van der Waals surface area (Å²) in [4.78, 5) is 38.8. The van der Waals surface area contributed by atoms with E-state index in [-0.39, 0.29) is 25.0 Å². The molecular formula is C22H32Cl2N4O5S. The number of nitrogens with two attached hydrogens (primary N) is 1. The molecule has 0 radical (unpaired) electrons. The van der Waals surface area contributed by atoms with E-state index in [4.69, 9.17) is 38.5 Å². The zero-order valence-corrected chi connectivity index (χ0v) is 22.3. The van der Waals surface area contributed by atoms with Crippen LogP contribution in [0.15, 0.2) is 18.2 Å². The minimum absolute atomic E-state index is 0.147. The van der Waals surface area contributed by atoms with E-state index < -0.39 is 28.5 Å². The molecule has 3 amide bonds. The number of hydrazine groups is 1. The summed E-state index contributed by atoms with van der Waals surface area (Å²) in [6, 6.07) is 4.29. The third-order valence-electron chi connectivity index (χ3n) is 5.45. The molecule has 0 aliphatic carbocycles. The Morgan fingerprint density at radius 2 is 1.97 bits per heavy atom. The van der Waals surface area contributed by atoms with Gasteiger partial charge in [0.15, 0.2) is 6.61 Å². The van der Waals surface area contributed by atoms with Crippen molar-refractivity contribution < 1.29 is 23.9 Å². The monoisotopic (exact) mass is 534 g/mol. The maximum absolute atomic E-state index is 13.1. The lowest BCUT2D eigenvalue weighted by Gasteiger charge is -2.47. The first-order valence-corrected chi connectivity index (χ1v) is 12.7. The number of carbonyl (C=O) groups is 3. The van der Waals surface area contributed by atoms with Gasteiger partial charge >= 0.3 is 6.09 Å². The fourth-order valence-corrected chi connectivity index (χ4v) is 4.77. The Kier molecular flexibility index (Phi) is 9.76. The molecule has 4 N–H and O–H groups in total. The standard InChI is InChI=1S/C22H32Cl2N4O5S/c1-13(19(30)27-25)17-8-9-22(34-5,12-28(17)20(31)33-21(2,3)4)26-18(29)11-32-14-6-7-15(23)16(24)10-14/h6-7,10,13,17H,8-9,11-12,25H2,1-5H3,(H,26,29)(H,27,30)/t13-,17?,22+/m1/s1. The van der Waals surface area contributed by atoms with Gasteiger partial charge in [-0.15, -0.1) is 11.8 Å². The quantitative estimate of drug-likeness (QED) is 0.211. The van der Waals surface area contributed by atoms with E-state index in [0.717, 1.165) is 0 Å². The van der Waals surface area contributed by atoms with Crippen LogP contribution in [-0.2, 0) is 14.3 Å². The van der Waals surface area contributed by atoms with Gasteiger partial charge in [0.2, 0.25) is 5.91 Å². The van der Waals surface area contributed by atoms with Gasteiger partial charge in [-0.05, 0) is 52.0 Å². The van der Waals surface area contributed by atoms with Crippen LogP contribution in [0.25, 0.3) is 0 Å². The third-order valence-corrected chi connectivity index (χ3v) is 7.41. The van der Waals surface area contributed by atoms with Crippen molar-refractivity contribution in [2.75, 3.05) is 19.4 Å². The van der Waals surface area contributed by atoms with E-state index in [1.54, 1.807) is 39.8 Å². The van der Waals surface area contributed by atoms with Crippen molar-refractivity contribution in [3.8, 4) is 5.75 Å². The van der Waals surface area contributed by atoms with Gasteiger partial charge < -0.3 is 19.7 Å². The number of rotatable bonds is 7. The van der Waals surface area contributed by atoms with Crippen molar-refractivity contribution in [1.29, 1.82) is 0 Å². The fourth-order valence-electron chi connectivity index (χ4n) is 3.68. The van der Waals surface area contributed by atoms with E-state index >= 15 is 0 Å². The lowest BCUT2D eigenvalue weighted by atomic mass is 9.88. The highest BCUT2D eigenvalue weighted by atomic mass is 35.5. The van der Waals surface area contributed by atoms with Gasteiger partial charge in [-0.25, -0.2) is 10.6 Å². The topological polar surface area (TPSA) is 123 Å². The summed E-state index contributed by atoms with van der Waals surface area (Å²) in [5.41, 5.74) is 1.42. The van der Waals surface area contributed by atoms with Crippen LogP contribution in [-0.4, -0.2) is 58.7 Å². The largest absolute Gasteiger partial charge is 0.484 e. The van der Waals surface area contributed by atoms with E-state index in [2.05, 4.69) is 10.7 Å². The molecule has 0 aromatic heterocycles. The number of halogens is 2. The summed E-state index contributed by atoms with van der Waals surface area (Å²) < 4.78 is 11.1. The van der Waals surface area contributed by atoms with E-state index in [1.165, 1.54) is 22.7 Å². The zero-order valence-electron chi connectivity index (χ0n) is 19.9. The number of benzene rings is 1. The molecule has 0 bridgehead atoms. The maximum Gasteiger partial charge on any atom is 0.410 e. The predicted octanol–water partition coefficient (Wildman–Crippen LogP) is 3.57.